The van der Waals surface area contributed by atoms with Crippen molar-refractivity contribution in [1.82, 2.24) is 0 Å². The monoisotopic (exact) mass is 285 g/mol. The first-order valence-electron chi connectivity index (χ1n) is 6.83. The van der Waals surface area contributed by atoms with Gasteiger partial charge in [0, 0.05) is 12.2 Å². The number of aryl methyl sites for hydroxylation is 2. The van der Waals surface area contributed by atoms with Crippen LogP contribution in [0.15, 0.2) is 42.5 Å². The fourth-order valence-corrected chi connectivity index (χ4v) is 2.16. The maximum atomic E-state index is 10.9. The lowest BCUT2D eigenvalue weighted by molar-refractivity contribution is 0.0696. The lowest BCUT2D eigenvalue weighted by Crippen LogP contribution is -2.12. The average Bonchev–Trinajstić information content (AvgIpc) is 2.43. The number of benzene rings is 2. The van der Waals surface area contributed by atoms with Crippen molar-refractivity contribution in [2.75, 3.05) is 18.5 Å². The van der Waals surface area contributed by atoms with Gasteiger partial charge >= 0.3 is 5.97 Å². The number of carboxylic acid groups (broad SMARTS) is 1. The minimum Gasteiger partial charge on any atom is -0.492 e. The van der Waals surface area contributed by atoms with Crippen LogP contribution in [0.25, 0.3) is 0 Å². The zero-order chi connectivity index (χ0) is 15.2. The molecule has 4 nitrogen and oxygen atoms in total. The summed E-state index contributed by atoms with van der Waals surface area (Å²) in [6, 6.07) is 12.8. The van der Waals surface area contributed by atoms with E-state index < -0.39 is 5.97 Å². The van der Waals surface area contributed by atoms with Gasteiger partial charge in [-0.1, -0.05) is 12.1 Å². The van der Waals surface area contributed by atoms with E-state index in [1.165, 1.54) is 17.2 Å². The topological polar surface area (TPSA) is 58.6 Å². The highest BCUT2D eigenvalue weighted by Crippen LogP contribution is 2.15. The number of carboxylic acids is 1. The first-order valence-corrected chi connectivity index (χ1v) is 6.83. The van der Waals surface area contributed by atoms with Crippen LogP contribution >= 0.6 is 0 Å². The smallest absolute Gasteiger partial charge is 0.335 e. The fourth-order valence-electron chi connectivity index (χ4n) is 2.16. The Hall–Kier alpha value is -2.49. The molecule has 0 saturated heterocycles. The predicted molar refractivity (Wildman–Crippen MR) is 83.3 cm³/mol. The minimum atomic E-state index is -0.950. The van der Waals surface area contributed by atoms with Crippen molar-refractivity contribution in [2.45, 2.75) is 13.8 Å². The molecule has 0 saturated carbocycles. The standard InChI is InChI=1S/C17H19NO3/c1-12-8-13(2)10-15(9-12)18-6-7-21-16-5-3-4-14(11-16)17(19)20/h3-5,8-11,18H,6-7H2,1-2H3,(H,19,20). The van der Waals surface area contributed by atoms with E-state index in [1.807, 2.05) is 0 Å². The molecule has 0 atom stereocenters. The van der Waals surface area contributed by atoms with E-state index in [1.54, 1.807) is 18.2 Å². The first kappa shape index (κ1) is 14.9. The predicted octanol–water partition coefficient (Wildman–Crippen LogP) is 3.49. The summed E-state index contributed by atoms with van der Waals surface area (Å²) in [6.45, 7) is 5.24. The van der Waals surface area contributed by atoms with Gasteiger partial charge in [-0.25, -0.2) is 4.79 Å². The zero-order valence-corrected chi connectivity index (χ0v) is 12.2. The van der Waals surface area contributed by atoms with Gasteiger partial charge in [0.1, 0.15) is 12.4 Å². The highest BCUT2D eigenvalue weighted by atomic mass is 16.5. The number of anilines is 1. The van der Waals surface area contributed by atoms with Gasteiger partial charge in [0.25, 0.3) is 0 Å². The van der Waals surface area contributed by atoms with Crippen LogP contribution in [-0.2, 0) is 0 Å². The third-order valence-electron chi connectivity index (χ3n) is 3.00. The molecule has 0 fully saturated rings. The van der Waals surface area contributed by atoms with Crippen LogP contribution < -0.4 is 10.1 Å². The van der Waals surface area contributed by atoms with Crippen LogP contribution in [0.2, 0.25) is 0 Å². The van der Waals surface area contributed by atoms with E-state index >= 15 is 0 Å². The molecule has 0 spiro atoms. The Morgan fingerprint density at radius 2 is 1.86 bits per heavy atom. The van der Waals surface area contributed by atoms with Gasteiger partial charge in [-0.2, -0.15) is 0 Å². The van der Waals surface area contributed by atoms with Gasteiger partial charge in [-0.15, -0.1) is 0 Å². The Kier molecular flexibility index (Phi) is 4.82. The summed E-state index contributed by atoms with van der Waals surface area (Å²) in [7, 11) is 0. The number of hydrogen-bond donors (Lipinski definition) is 2. The Balaban J connectivity index is 1.84. The van der Waals surface area contributed by atoms with E-state index in [9.17, 15) is 4.79 Å². The number of carbonyl (C=O) groups is 1. The maximum absolute atomic E-state index is 10.9. The summed E-state index contributed by atoms with van der Waals surface area (Å²) >= 11 is 0. The molecule has 21 heavy (non-hydrogen) atoms. The molecule has 2 rings (SSSR count). The van der Waals surface area contributed by atoms with Crippen molar-refractivity contribution in [2.24, 2.45) is 0 Å². The van der Waals surface area contributed by atoms with Crippen molar-refractivity contribution >= 4 is 11.7 Å². The van der Waals surface area contributed by atoms with Crippen LogP contribution in [0, 0.1) is 13.8 Å². The van der Waals surface area contributed by atoms with Crippen molar-refractivity contribution in [3.05, 3.63) is 59.2 Å². The second-order valence-electron chi connectivity index (χ2n) is 4.98. The van der Waals surface area contributed by atoms with Gasteiger partial charge in [-0.05, 0) is 55.3 Å². The van der Waals surface area contributed by atoms with Crippen LogP contribution in [0.4, 0.5) is 5.69 Å². The molecule has 0 heterocycles. The number of ether oxygens (including phenoxy) is 1. The summed E-state index contributed by atoms with van der Waals surface area (Å²) < 4.78 is 5.55. The van der Waals surface area contributed by atoms with Gasteiger partial charge in [0.2, 0.25) is 0 Å². The second kappa shape index (κ2) is 6.79. The van der Waals surface area contributed by atoms with Gasteiger partial charge in [-0.3, -0.25) is 0 Å². The van der Waals surface area contributed by atoms with Gasteiger partial charge in [0.15, 0.2) is 0 Å². The Morgan fingerprint density at radius 1 is 1.14 bits per heavy atom. The van der Waals surface area contributed by atoms with Gasteiger partial charge < -0.3 is 15.2 Å². The Bertz CT molecular complexity index is 617. The highest BCUT2D eigenvalue weighted by molar-refractivity contribution is 5.87. The molecule has 0 bridgehead atoms. The lowest BCUT2D eigenvalue weighted by atomic mass is 10.1. The highest BCUT2D eigenvalue weighted by Gasteiger charge is 2.03. The van der Waals surface area contributed by atoms with E-state index in [-0.39, 0.29) is 5.56 Å². The molecule has 2 aromatic rings. The molecule has 2 aromatic carbocycles. The van der Waals surface area contributed by atoms with Crippen molar-refractivity contribution in [3.8, 4) is 5.75 Å². The molecule has 0 amide bonds. The molecule has 2 N–H and O–H groups in total. The van der Waals surface area contributed by atoms with Crippen LogP contribution in [0.1, 0.15) is 21.5 Å². The zero-order valence-electron chi connectivity index (χ0n) is 12.2. The SMILES string of the molecule is Cc1cc(C)cc(NCCOc2cccc(C(=O)O)c2)c1. The average molecular weight is 285 g/mol. The summed E-state index contributed by atoms with van der Waals surface area (Å²) in [5, 5.41) is 12.2. The minimum absolute atomic E-state index is 0.231. The third kappa shape index (κ3) is 4.53. The second-order valence-corrected chi connectivity index (χ2v) is 4.98. The van der Waals surface area contributed by atoms with E-state index in [0.29, 0.717) is 18.9 Å². The molecule has 0 aliphatic heterocycles. The maximum Gasteiger partial charge on any atom is 0.335 e. The molecule has 110 valence electrons. The molecule has 0 aliphatic carbocycles. The summed E-state index contributed by atoms with van der Waals surface area (Å²) in [5.41, 5.74) is 3.73. The molecule has 0 radical (unpaired) electrons. The Labute approximate surface area is 124 Å². The van der Waals surface area contributed by atoms with Crippen LogP contribution in [-0.4, -0.2) is 24.2 Å². The number of hydrogen-bond acceptors (Lipinski definition) is 3. The summed E-state index contributed by atoms with van der Waals surface area (Å²) in [5.74, 6) is -0.383. The largest absolute Gasteiger partial charge is 0.492 e. The molecule has 0 aliphatic rings. The first-order chi connectivity index (χ1) is 10.0. The quantitative estimate of drug-likeness (QED) is 0.798. The molecule has 4 heteroatoms. The normalized spacial score (nSPS) is 10.2. The molecular weight excluding hydrogens is 266 g/mol. The van der Waals surface area contributed by atoms with Crippen LogP contribution in [0.5, 0.6) is 5.75 Å². The Morgan fingerprint density at radius 3 is 2.52 bits per heavy atom. The van der Waals surface area contributed by atoms with Crippen molar-refractivity contribution < 1.29 is 14.6 Å². The van der Waals surface area contributed by atoms with Crippen molar-refractivity contribution in [3.63, 3.8) is 0 Å². The number of aromatic carboxylic acids is 1. The van der Waals surface area contributed by atoms with E-state index in [2.05, 4.69) is 37.4 Å². The van der Waals surface area contributed by atoms with Crippen LogP contribution in [0.3, 0.4) is 0 Å². The van der Waals surface area contributed by atoms with E-state index in [0.717, 1.165) is 5.69 Å². The molecule has 0 unspecified atom stereocenters. The van der Waals surface area contributed by atoms with Crippen molar-refractivity contribution in [1.29, 1.82) is 0 Å². The van der Waals surface area contributed by atoms with Gasteiger partial charge in [0.05, 0.1) is 5.56 Å². The van der Waals surface area contributed by atoms with E-state index in [4.69, 9.17) is 9.84 Å². The number of rotatable bonds is 6. The third-order valence-corrected chi connectivity index (χ3v) is 3.00. The fraction of sp³-hybridized carbons (Fsp3) is 0.235. The number of nitrogens with one attached hydrogen (secondary N) is 1. The summed E-state index contributed by atoms with van der Waals surface area (Å²) in [6.07, 6.45) is 0. The molecule has 0 aromatic heterocycles. The lowest BCUT2D eigenvalue weighted by Gasteiger charge is -2.10. The summed E-state index contributed by atoms with van der Waals surface area (Å²) in [4.78, 5) is 10.9. The molecular formula is C17H19NO3.